The summed E-state index contributed by atoms with van der Waals surface area (Å²) >= 11 is 0. The molecule has 1 aliphatic rings. The van der Waals surface area contributed by atoms with E-state index in [1.807, 2.05) is 0 Å². The lowest BCUT2D eigenvalue weighted by Gasteiger charge is -2.34. The van der Waals surface area contributed by atoms with Crippen LogP contribution in [0.4, 0.5) is 0 Å². The summed E-state index contributed by atoms with van der Waals surface area (Å²) in [6.07, 6.45) is 9.57. The van der Waals surface area contributed by atoms with E-state index in [4.69, 9.17) is 0 Å². The van der Waals surface area contributed by atoms with Gasteiger partial charge in [-0.25, -0.2) is 0 Å². The van der Waals surface area contributed by atoms with Gasteiger partial charge in [-0.1, -0.05) is 40.0 Å². The Morgan fingerprint density at radius 1 is 1.08 bits per heavy atom. The molecule has 3 unspecified atom stereocenters. The molecule has 0 aromatic carbocycles. The topological polar surface area (TPSA) is 0 Å². The molecule has 0 amide bonds. The molecule has 0 spiro atoms. The van der Waals surface area contributed by atoms with Gasteiger partial charge < -0.3 is 0 Å². The molecule has 0 nitrogen and oxygen atoms in total. The van der Waals surface area contributed by atoms with Gasteiger partial charge in [0.15, 0.2) is 0 Å². The van der Waals surface area contributed by atoms with Crippen LogP contribution < -0.4 is 0 Å². The first kappa shape index (κ1) is 10.1. The first-order valence-electron chi connectivity index (χ1n) is 5.65. The van der Waals surface area contributed by atoms with Crippen LogP contribution in [0.15, 0.2) is 0 Å². The number of hydrogen-bond donors (Lipinski definition) is 0. The smallest absolute Gasteiger partial charge is 0.0349 e. The van der Waals surface area contributed by atoms with Crippen molar-refractivity contribution in [3.63, 3.8) is 0 Å². The molecule has 0 heterocycles. The molecule has 1 aliphatic carbocycles. The van der Waals surface area contributed by atoms with Crippen LogP contribution in [0.5, 0.6) is 0 Å². The van der Waals surface area contributed by atoms with E-state index in [-0.39, 0.29) is 0 Å². The van der Waals surface area contributed by atoms with Gasteiger partial charge >= 0.3 is 0 Å². The van der Waals surface area contributed by atoms with Crippen molar-refractivity contribution in [2.75, 3.05) is 0 Å². The highest BCUT2D eigenvalue weighted by atomic mass is 14.3. The molecule has 0 bridgehead atoms. The van der Waals surface area contributed by atoms with Crippen LogP contribution in [0, 0.1) is 24.2 Å². The summed E-state index contributed by atoms with van der Waals surface area (Å²) in [6.45, 7) is 7.01. The molecule has 1 fully saturated rings. The Morgan fingerprint density at radius 3 is 2.33 bits per heavy atom. The first-order valence-corrected chi connectivity index (χ1v) is 5.65. The summed E-state index contributed by atoms with van der Waals surface area (Å²) in [4.78, 5) is 0. The van der Waals surface area contributed by atoms with Crippen molar-refractivity contribution < 1.29 is 0 Å². The van der Waals surface area contributed by atoms with Crippen LogP contribution in [0.25, 0.3) is 0 Å². The number of rotatable bonds is 3. The summed E-state index contributed by atoms with van der Waals surface area (Å²) in [5.41, 5.74) is 0. The van der Waals surface area contributed by atoms with Gasteiger partial charge in [0, 0.05) is 0 Å². The summed E-state index contributed by atoms with van der Waals surface area (Å²) in [5.74, 6) is 2.92. The fraction of sp³-hybridized carbons (Fsp3) is 0.917. The zero-order chi connectivity index (χ0) is 8.97. The molecule has 0 aliphatic heterocycles. The number of hydrogen-bond acceptors (Lipinski definition) is 0. The van der Waals surface area contributed by atoms with Crippen molar-refractivity contribution in [1.29, 1.82) is 0 Å². The zero-order valence-electron chi connectivity index (χ0n) is 8.84. The fourth-order valence-corrected chi connectivity index (χ4v) is 2.56. The van der Waals surface area contributed by atoms with Crippen LogP contribution in [-0.2, 0) is 0 Å². The van der Waals surface area contributed by atoms with Gasteiger partial charge in [-0.2, -0.15) is 0 Å². The fourth-order valence-electron chi connectivity index (χ4n) is 2.56. The van der Waals surface area contributed by atoms with Crippen LogP contribution >= 0.6 is 0 Å². The van der Waals surface area contributed by atoms with Gasteiger partial charge in [0.2, 0.25) is 0 Å². The van der Waals surface area contributed by atoms with E-state index < -0.39 is 0 Å². The van der Waals surface area contributed by atoms with Crippen LogP contribution in [0.2, 0.25) is 0 Å². The SMILES string of the molecule is CCC1C[CH]C(CC)C(CC)C1. The molecule has 0 aromatic heterocycles. The third-order valence-corrected chi connectivity index (χ3v) is 3.59. The van der Waals surface area contributed by atoms with Crippen molar-refractivity contribution in [3.05, 3.63) is 6.42 Å². The maximum Gasteiger partial charge on any atom is -0.0349 e. The second-order valence-corrected chi connectivity index (χ2v) is 4.22. The highest BCUT2D eigenvalue weighted by Crippen LogP contribution is 2.37. The van der Waals surface area contributed by atoms with Crippen molar-refractivity contribution in [2.45, 2.75) is 52.9 Å². The lowest BCUT2D eigenvalue weighted by molar-refractivity contribution is 0.219. The minimum absolute atomic E-state index is 0.929. The Kier molecular flexibility index (Phi) is 4.11. The van der Waals surface area contributed by atoms with E-state index >= 15 is 0 Å². The summed E-state index contributed by atoms with van der Waals surface area (Å²) in [5, 5.41) is 0. The lowest BCUT2D eigenvalue weighted by atomic mass is 9.71. The van der Waals surface area contributed by atoms with Crippen LogP contribution in [-0.4, -0.2) is 0 Å². The third kappa shape index (κ3) is 2.24. The first-order chi connectivity index (χ1) is 5.81. The molecule has 1 saturated carbocycles. The van der Waals surface area contributed by atoms with E-state index in [2.05, 4.69) is 27.2 Å². The molecule has 71 valence electrons. The van der Waals surface area contributed by atoms with Crippen LogP contribution in [0.3, 0.4) is 0 Å². The lowest BCUT2D eigenvalue weighted by Crippen LogP contribution is -2.24. The Morgan fingerprint density at radius 2 is 1.83 bits per heavy atom. The van der Waals surface area contributed by atoms with Gasteiger partial charge in [0.1, 0.15) is 0 Å². The molecule has 1 rings (SSSR count). The normalized spacial score (nSPS) is 36.8. The van der Waals surface area contributed by atoms with Gasteiger partial charge in [0.05, 0.1) is 0 Å². The van der Waals surface area contributed by atoms with E-state index in [0.29, 0.717) is 0 Å². The van der Waals surface area contributed by atoms with Gasteiger partial charge in [-0.15, -0.1) is 0 Å². The predicted molar refractivity (Wildman–Crippen MR) is 54.9 cm³/mol. The average molecular weight is 167 g/mol. The Balaban J connectivity index is 2.41. The second kappa shape index (κ2) is 4.89. The van der Waals surface area contributed by atoms with E-state index in [1.54, 1.807) is 0 Å². The molecule has 0 saturated heterocycles. The van der Waals surface area contributed by atoms with Gasteiger partial charge in [-0.3, -0.25) is 0 Å². The molecule has 0 aromatic rings. The molecule has 12 heavy (non-hydrogen) atoms. The third-order valence-electron chi connectivity index (χ3n) is 3.59. The second-order valence-electron chi connectivity index (χ2n) is 4.22. The minimum Gasteiger partial charge on any atom is -0.0651 e. The van der Waals surface area contributed by atoms with Crippen molar-refractivity contribution in [1.82, 2.24) is 0 Å². The van der Waals surface area contributed by atoms with Crippen LogP contribution in [0.1, 0.15) is 52.9 Å². The molecule has 0 heteroatoms. The monoisotopic (exact) mass is 167 g/mol. The molecular formula is C12H23. The highest BCUT2D eigenvalue weighted by Gasteiger charge is 2.27. The van der Waals surface area contributed by atoms with Crippen molar-refractivity contribution in [2.24, 2.45) is 17.8 Å². The minimum atomic E-state index is 0.929. The maximum absolute atomic E-state index is 2.59. The maximum atomic E-state index is 2.59. The molecule has 3 atom stereocenters. The molecule has 0 N–H and O–H groups in total. The van der Waals surface area contributed by atoms with Gasteiger partial charge in [-0.05, 0) is 37.0 Å². The van der Waals surface area contributed by atoms with Gasteiger partial charge in [0.25, 0.3) is 0 Å². The van der Waals surface area contributed by atoms with Crippen molar-refractivity contribution >= 4 is 0 Å². The predicted octanol–water partition coefficient (Wildman–Crippen LogP) is 4.06. The highest BCUT2D eigenvalue weighted by molar-refractivity contribution is 4.89. The standard InChI is InChI=1S/C12H23/c1-4-10-7-8-11(5-2)12(6-3)9-10/h8,10-12H,4-7,9H2,1-3H3. The summed E-state index contributed by atoms with van der Waals surface area (Å²) in [7, 11) is 0. The summed E-state index contributed by atoms with van der Waals surface area (Å²) < 4.78 is 0. The van der Waals surface area contributed by atoms with E-state index in [9.17, 15) is 0 Å². The quantitative estimate of drug-likeness (QED) is 0.594. The molecule has 1 radical (unpaired) electrons. The average Bonchev–Trinajstić information content (AvgIpc) is 2.16. The molecular weight excluding hydrogens is 144 g/mol. The Bertz CT molecular complexity index is 117. The summed E-state index contributed by atoms with van der Waals surface area (Å²) in [6, 6.07) is 0. The Labute approximate surface area is 77.7 Å². The van der Waals surface area contributed by atoms with E-state index in [0.717, 1.165) is 17.8 Å². The Hall–Kier alpha value is 0. The van der Waals surface area contributed by atoms with E-state index in [1.165, 1.54) is 32.1 Å². The zero-order valence-corrected chi connectivity index (χ0v) is 8.84. The van der Waals surface area contributed by atoms with Crippen molar-refractivity contribution in [3.8, 4) is 0 Å². The largest absolute Gasteiger partial charge is 0.0651 e.